The Morgan fingerprint density at radius 2 is 2.44 bits per heavy atom. The van der Waals surface area contributed by atoms with Crippen molar-refractivity contribution in [2.45, 2.75) is 5.16 Å². The lowest BCUT2D eigenvalue weighted by Crippen LogP contribution is -1.99. The van der Waals surface area contributed by atoms with Crippen LogP contribution in [0, 0.1) is 0 Å². The molecular formula is C11H11N3O3S. The topological polar surface area (TPSA) is 76.7 Å². The molecule has 7 heteroatoms. The molecule has 0 unspecified atom stereocenters. The van der Waals surface area contributed by atoms with E-state index < -0.39 is 5.97 Å². The van der Waals surface area contributed by atoms with E-state index in [0.717, 1.165) is 11.8 Å². The highest BCUT2D eigenvalue weighted by atomic mass is 32.2. The van der Waals surface area contributed by atoms with Crippen LogP contribution in [-0.2, 0) is 4.79 Å². The average molecular weight is 265 g/mol. The van der Waals surface area contributed by atoms with E-state index in [4.69, 9.17) is 9.84 Å². The van der Waals surface area contributed by atoms with Gasteiger partial charge in [0.25, 0.3) is 0 Å². The molecule has 18 heavy (non-hydrogen) atoms. The van der Waals surface area contributed by atoms with Crippen molar-refractivity contribution in [3.63, 3.8) is 0 Å². The molecule has 0 aliphatic carbocycles. The van der Waals surface area contributed by atoms with E-state index in [0.29, 0.717) is 23.2 Å². The van der Waals surface area contributed by atoms with Crippen LogP contribution in [0.2, 0.25) is 0 Å². The summed E-state index contributed by atoms with van der Waals surface area (Å²) >= 11 is 1.11. The Morgan fingerprint density at radius 3 is 3.17 bits per heavy atom. The van der Waals surface area contributed by atoms with Crippen molar-refractivity contribution in [1.29, 1.82) is 0 Å². The van der Waals surface area contributed by atoms with Gasteiger partial charge in [0, 0.05) is 6.20 Å². The van der Waals surface area contributed by atoms with Gasteiger partial charge >= 0.3 is 5.97 Å². The maximum Gasteiger partial charge on any atom is 0.313 e. The lowest BCUT2D eigenvalue weighted by molar-refractivity contribution is -0.133. The van der Waals surface area contributed by atoms with E-state index in [1.165, 1.54) is 0 Å². The van der Waals surface area contributed by atoms with Crippen LogP contribution >= 0.6 is 11.8 Å². The van der Waals surface area contributed by atoms with Gasteiger partial charge in [0.1, 0.15) is 6.61 Å². The van der Waals surface area contributed by atoms with Crippen LogP contribution in [0.15, 0.2) is 36.1 Å². The van der Waals surface area contributed by atoms with Gasteiger partial charge in [-0.15, -0.1) is 10.2 Å². The first-order valence-corrected chi connectivity index (χ1v) is 6.13. The molecule has 1 N–H and O–H groups in total. The highest BCUT2D eigenvalue weighted by Crippen LogP contribution is 2.22. The summed E-state index contributed by atoms with van der Waals surface area (Å²) in [5.41, 5.74) is 0.562. The van der Waals surface area contributed by atoms with E-state index >= 15 is 0 Å². The number of carboxylic acid groups (broad SMARTS) is 1. The molecule has 0 fully saturated rings. The van der Waals surface area contributed by atoms with Crippen molar-refractivity contribution in [1.82, 2.24) is 14.6 Å². The predicted molar refractivity (Wildman–Crippen MR) is 67.0 cm³/mol. The van der Waals surface area contributed by atoms with Gasteiger partial charge in [-0.05, 0) is 12.1 Å². The Kier molecular flexibility index (Phi) is 3.83. The predicted octanol–water partition coefficient (Wildman–Crippen LogP) is 1.47. The maximum absolute atomic E-state index is 10.5. The van der Waals surface area contributed by atoms with Crippen LogP contribution in [0.5, 0.6) is 5.75 Å². The molecule has 0 spiro atoms. The molecule has 0 bridgehead atoms. The molecular weight excluding hydrogens is 254 g/mol. The van der Waals surface area contributed by atoms with E-state index in [1.807, 2.05) is 0 Å². The SMILES string of the molecule is C=CCOc1cccn2c(SCC(=O)O)nnc12. The van der Waals surface area contributed by atoms with Crippen molar-refractivity contribution >= 4 is 23.4 Å². The molecule has 0 aliphatic rings. The Morgan fingerprint density at radius 1 is 1.61 bits per heavy atom. The minimum Gasteiger partial charge on any atom is -0.486 e. The van der Waals surface area contributed by atoms with Crippen LogP contribution in [0.4, 0.5) is 0 Å². The Bertz CT molecular complexity index is 582. The summed E-state index contributed by atoms with van der Waals surface area (Å²) in [4.78, 5) is 10.5. The molecule has 2 aromatic rings. The molecule has 0 aromatic carbocycles. The molecule has 2 rings (SSSR count). The van der Waals surface area contributed by atoms with Crippen LogP contribution in [0.3, 0.4) is 0 Å². The fraction of sp³-hybridized carbons (Fsp3) is 0.182. The maximum atomic E-state index is 10.5. The second kappa shape index (κ2) is 5.54. The number of hydrogen-bond acceptors (Lipinski definition) is 5. The molecule has 6 nitrogen and oxygen atoms in total. The number of aromatic nitrogens is 3. The quantitative estimate of drug-likeness (QED) is 0.629. The molecule has 94 valence electrons. The number of fused-ring (bicyclic) bond motifs is 1. The lowest BCUT2D eigenvalue weighted by atomic mass is 10.4. The van der Waals surface area contributed by atoms with Crippen LogP contribution in [-0.4, -0.2) is 38.0 Å². The van der Waals surface area contributed by atoms with Gasteiger partial charge in [0.15, 0.2) is 10.9 Å². The van der Waals surface area contributed by atoms with Gasteiger partial charge in [-0.25, -0.2) is 0 Å². The van der Waals surface area contributed by atoms with E-state index in [-0.39, 0.29) is 5.75 Å². The first-order valence-electron chi connectivity index (χ1n) is 5.14. The molecule has 0 atom stereocenters. The fourth-order valence-electron chi connectivity index (χ4n) is 1.36. The second-order valence-corrected chi connectivity index (χ2v) is 4.27. The third-order valence-corrected chi connectivity index (χ3v) is 2.98. The minimum absolute atomic E-state index is 0.0570. The van der Waals surface area contributed by atoms with Gasteiger partial charge < -0.3 is 9.84 Å². The number of rotatable bonds is 6. The number of carbonyl (C=O) groups is 1. The van der Waals surface area contributed by atoms with Crippen molar-refractivity contribution in [2.75, 3.05) is 12.4 Å². The van der Waals surface area contributed by atoms with Gasteiger partial charge in [-0.3, -0.25) is 9.20 Å². The van der Waals surface area contributed by atoms with Crippen molar-refractivity contribution in [2.24, 2.45) is 0 Å². The number of carboxylic acids is 1. The van der Waals surface area contributed by atoms with E-state index in [9.17, 15) is 4.79 Å². The van der Waals surface area contributed by atoms with E-state index in [2.05, 4.69) is 16.8 Å². The van der Waals surface area contributed by atoms with Gasteiger partial charge in [0.05, 0.1) is 5.75 Å². The Hall–Kier alpha value is -2.02. The summed E-state index contributed by atoms with van der Waals surface area (Å²) in [6, 6.07) is 3.57. The third kappa shape index (κ3) is 2.62. The summed E-state index contributed by atoms with van der Waals surface area (Å²) in [6.45, 7) is 3.95. The Labute approximate surface area is 107 Å². The van der Waals surface area contributed by atoms with Crippen LogP contribution in [0.1, 0.15) is 0 Å². The monoisotopic (exact) mass is 265 g/mol. The summed E-state index contributed by atoms with van der Waals surface area (Å²) in [7, 11) is 0. The highest BCUT2D eigenvalue weighted by molar-refractivity contribution is 7.99. The van der Waals surface area contributed by atoms with Gasteiger partial charge in [-0.2, -0.15) is 0 Å². The number of thioether (sulfide) groups is 1. The molecule has 0 saturated heterocycles. The van der Waals surface area contributed by atoms with Crippen molar-refractivity contribution in [3.8, 4) is 5.75 Å². The zero-order valence-corrected chi connectivity index (χ0v) is 10.3. The zero-order valence-electron chi connectivity index (χ0n) is 9.44. The molecule has 0 saturated carbocycles. The number of pyridine rings is 1. The first-order chi connectivity index (χ1) is 8.72. The molecule has 2 aromatic heterocycles. The summed E-state index contributed by atoms with van der Waals surface area (Å²) in [5.74, 6) is -0.360. The van der Waals surface area contributed by atoms with Crippen LogP contribution in [0.25, 0.3) is 5.65 Å². The fourth-order valence-corrected chi connectivity index (χ4v) is 1.99. The van der Waals surface area contributed by atoms with Crippen LogP contribution < -0.4 is 4.74 Å². The molecule has 0 aliphatic heterocycles. The largest absolute Gasteiger partial charge is 0.486 e. The number of hydrogen-bond donors (Lipinski definition) is 1. The average Bonchev–Trinajstić information content (AvgIpc) is 2.77. The molecule has 2 heterocycles. The first kappa shape index (κ1) is 12.4. The second-order valence-electron chi connectivity index (χ2n) is 3.33. The highest BCUT2D eigenvalue weighted by Gasteiger charge is 2.11. The summed E-state index contributed by atoms with van der Waals surface area (Å²) in [5, 5.41) is 17.1. The zero-order chi connectivity index (χ0) is 13.0. The molecule has 0 amide bonds. The lowest BCUT2D eigenvalue weighted by Gasteiger charge is -2.04. The number of ether oxygens (including phenoxy) is 1. The van der Waals surface area contributed by atoms with Gasteiger partial charge in [-0.1, -0.05) is 24.4 Å². The minimum atomic E-state index is -0.893. The third-order valence-electron chi connectivity index (χ3n) is 2.05. The Balaban J connectivity index is 2.29. The standard InChI is InChI=1S/C11H11N3O3S/c1-2-6-17-8-4-3-5-14-10(8)12-13-11(14)18-7-9(15)16/h2-5H,1,6-7H2,(H,15,16). The van der Waals surface area contributed by atoms with Crippen molar-refractivity contribution < 1.29 is 14.6 Å². The smallest absolute Gasteiger partial charge is 0.313 e. The van der Waals surface area contributed by atoms with Crippen molar-refractivity contribution in [3.05, 3.63) is 31.0 Å². The number of aliphatic carboxylic acids is 1. The summed E-state index contributed by atoms with van der Waals surface area (Å²) < 4.78 is 7.14. The summed E-state index contributed by atoms with van der Waals surface area (Å²) in [6.07, 6.45) is 3.40. The van der Waals surface area contributed by atoms with Gasteiger partial charge in [0.2, 0.25) is 5.65 Å². The normalized spacial score (nSPS) is 10.4. The van der Waals surface area contributed by atoms with E-state index in [1.54, 1.807) is 28.8 Å². The molecule has 0 radical (unpaired) electrons. The number of nitrogens with zero attached hydrogens (tertiary/aromatic N) is 3.